The van der Waals surface area contributed by atoms with Crippen molar-refractivity contribution >= 4 is 11.9 Å². The summed E-state index contributed by atoms with van der Waals surface area (Å²) in [5.41, 5.74) is -0.951. The third-order valence-corrected chi connectivity index (χ3v) is 10.2. The van der Waals surface area contributed by atoms with E-state index in [1.165, 1.54) is 38.5 Å². The van der Waals surface area contributed by atoms with Crippen LogP contribution in [0.1, 0.15) is 104 Å². The summed E-state index contributed by atoms with van der Waals surface area (Å²) in [7, 11) is 0. The van der Waals surface area contributed by atoms with Gasteiger partial charge in [0.1, 0.15) is 11.7 Å². The molecule has 0 radical (unpaired) electrons. The molecule has 2 bridgehead atoms. The maximum absolute atomic E-state index is 13.7. The van der Waals surface area contributed by atoms with Crippen LogP contribution in [0, 0.1) is 40.9 Å². The molecule has 5 rings (SSSR count). The molecule has 4 aliphatic carbocycles. The normalized spacial score (nSPS) is 36.6. The standard InChI is InChI=1S/C27H42O4/c1-4-26(2,3)25(29)31-27(18-11-7-5-8-12-18,19-13-9-6-10-14-19)23-17-15-20-21(16-17)30-24(28)22(20)23/h17-23H,4-16H2,1-3H3. The molecule has 0 spiro atoms. The van der Waals surface area contributed by atoms with Gasteiger partial charge in [-0.3, -0.25) is 9.59 Å². The summed E-state index contributed by atoms with van der Waals surface area (Å²) in [5.74, 6) is 1.77. The molecule has 5 unspecified atom stereocenters. The Morgan fingerprint density at radius 2 is 1.55 bits per heavy atom. The molecule has 5 aliphatic rings. The molecule has 4 saturated carbocycles. The molecule has 1 aliphatic heterocycles. The number of ether oxygens (including phenoxy) is 2. The van der Waals surface area contributed by atoms with Gasteiger partial charge in [0, 0.05) is 11.8 Å². The van der Waals surface area contributed by atoms with E-state index in [9.17, 15) is 9.59 Å². The molecular formula is C27H42O4. The first-order valence-electron chi connectivity index (χ1n) is 13.3. The fraction of sp³-hybridized carbons (Fsp3) is 0.926. The Kier molecular flexibility index (Phi) is 5.66. The van der Waals surface area contributed by atoms with Crippen LogP contribution in [0.25, 0.3) is 0 Å². The monoisotopic (exact) mass is 430 g/mol. The van der Waals surface area contributed by atoms with Gasteiger partial charge in [0.2, 0.25) is 0 Å². The van der Waals surface area contributed by atoms with Crippen molar-refractivity contribution in [3.05, 3.63) is 0 Å². The first-order valence-corrected chi connectivity index (χ1v) is 13.3. The number of esters is 2. The van der Waals surface area contributed by atoms with E-state index in [1.54, 1.807) is 0 Å². The highest BCUT2D eigenvalue weighted by atomic mass is 16.6. The van der Waals surface area contributed by atoms with Gasteiger partial charge in [-0.1, -0.05) is 45.4 Å². The summed E-state index contributed by atoms with van der Waals surface area (Å²) < 4.78 is 12.8. The smallest absolute Gasteiger partial charge is 0.312 e. The number of carbonyl (C=O) groups excluding carboxylic acids is 2. The van der Waals surface area contributed by atoms with Gasteiger partial charge >= 0.3 is 11.9 Å². The SMILES string of the molecule is CCC(C)(C)C(=O)OC(C1CCCCC1)(C1CCCCC1)C1C2CC3OC(=O)C1C3C2. The largest absolute Gasteiger partial charge is 0.462 e. The second kappa shape index (κ2) is 8.06. The lowest BCUT2D eigenvalue weighted by Crippen LogP contribution is -2.60. The Morgan fingerprint density at radius 3 is 2.10 bits per heavy atom. The number of carbonyl (C=O) groups is 2. The second-order valence-corrected chi connectivity index (χ2v) is 12.1. The quantitative estimate of drug-likeness (QED) is 0.480. The van der Waals surface area contributed by atoms with E-state index < -0.39 is 11.0 Å². The van der Waals surface area contributed by atoms with E-state index in [0.717, 1.165) is 44.9 Å². The molecule has 0 aromatic carbocycles. The van der Waals surface area contributed by atoms with Gasteiger partial charge in [-0.2, -0.15) is 0 Å². The molecule has 4 nitrogen and oxygen atoms in total. The highest BCUT2D eigenvalue weighted by molar-refractivity contribution is 5.78. The average molecular weight is 431 g/mol. The van der Waals surface area contributed by atoms with Crippen molar-refractivity contribution in [2.24, 2.45) is 40.9 Å². The zero-order valence-corrected chi connectivity index (χ0v) is 19.9. The van der Waals surface area contributed by atoms with E-state index in [-0.39, 0.29) is 29.9 Å². The van der Waals surface area contributed by atoms with Crippen molar-refractivity contribution in [3.8, 4) is 0 Å². The minimum atomic E-state index is -0.481. The predicted octanol–water partition coefficient (Wildman–Crippen LogP) is 6.06. The van der Waals surface area contributed by atoms with Crippen LogP contribution < -0.4 is 0 Å². The van der Waals surface area contributed by atoms with Crippen LogP contribution >= 0.6 is 0 Å². The third kappa shape index (κ3) is 3.37. The molecule has 0 aromatic heterocycles. The summed E-state index contributed by atoms with van der Waals surface area (Å²) in [6.45, 7) is 6.14. The molecule has 0 amide bonds. The van der Waals surface area contributed by atoms with E-state index in [4.69, 9.17) is 9.47 Å². The molecular weight excluding hydrogens is 388 g/mol. The van der Waals surface area contributed by atoms with Gasteiger partial charge in [-0.05, 0) is 76.5 Å². The van der Waals surface area contributed by atoms with Crippen molar-refractivity contribution in [1.29, 1.82) is 0 Å². The van der Waals surface area contributed by atoms with Crippen molar-refractivity contribution in [2.45, 2.75) is 116 Å². The minimum absolute atomic E-state index is 0.0156. The molecule has 4 heteroatoms. The zero-order valence-electron chi connectivity index (χ0n) is 19.9. The topological polar surface area (TPSA) is 52.6 Å². The summed E-state index contributed by atoms with van der Waals surface area (Å²) >= 11 is 0. The highest BCUT2D eigenvalue weighted by Gasteiger charge is 2.70. The van der Waals surface area contributed by atoms with Gasteiger partial charge in [0.15, 0.2) is 0 Å². The van der Waals surface area contributed by atoms with Crippen molar-refractivity contribution in [2.75, 3.05) is 0 Å². The number of hydrogen-bond donors (Lipinski definition) is 0. The number of fused-ring (bicyclic) bond motifs is 1. The zero-order chi connectivity index (χ0) is 21.8. The second-order valence-electron chi connectivity index (χ2n) is 12.1. The van der Waals surface area contributed by atoms with Crippen LogP contribution in [-0.2, 0) is 19.1 Å². The predicted molar refractivity (Wildman–Crippen MR) is 119 cm³/mol. The van der Waals surface area contributed by atoms with Crippen LogP contribution in [0.15, 0.2) is 0 Å². The molecule has 0 N–H and O–H groups in total. The molecule has 1 heterocycles. The van der Waals surface area contributed by atoms with Gasteiger partial charge < -0.3 is 9.47 Å². The Balaban J connectivity index is 1.60. The van der Waals surface area contributed by atoms with Crippen LogP contribution in [-0.4, -0.2) is 23.6 Å². The lowest BCUT2D eigenvalue weighted by molar-refractivity contribution is -0.214. The summed E-state index contributed by atoms with van der Waals surface area (Å²) in [6, 6.07) is 0. The highest BCUT2D eigenvalue weighted by Crippen LogP contribution is 2.65. The molecule has 5 atom stereocenters. The van der Waals surface area contributed by atoms with Crippen molar-refractivity contribution < 1.29 is 19.1 Å². The maximum atomic E-state index is 13.7. The van der Waals surface area contributed by atoms with Crippen LogP contribution in [0.4, 0.5) is 0 Å². The van der Waals surface area contributed by atoms with Gasteiger partial charge in [-0.25, -0.2) is 0 Å². The molecule has 31 heavy (non-hydrogen) atoms. The summed E-state index contributed by atoms with van der Waals surface area (Å²) in [6.07, 6.45) is 15.1. The fourth-order valence-electron chi connectivity index (χ4n) is 8.30. The lowest BCUT2D eigenvalue weighted by Gasteiger charge is -2.55. The first-order chi connectivity index (χ1) is 14.9. The minimum Gasteiger partial charge on any atom is -0.462 e. The van der Waals surface area contributed by atoms with E-state index in [1.807, 2.05) is 13.8 Å². The van der Waals surface area contributed by atoms with Crippen LogP contribution in [0.5, 0.6) is 0 Å². The molecule has 5 fully saturated rings. The first kappa shape index (κ1) is 21.8. The Hall–Kier alpha value is -1.06. The average Bonchev–Trinajstić information content (AvgIpc) is 3.42. The summed E-state index contributed by atoms with van der Waals surface area (Å²) in [4.78, 5) is 26.8. The van der Waals surface area contributed by atoms with Crippen molar-refractivity contribution in [3.63, 3.8) is 0 Å². The Morgan fingerprint density at radius 1 is 0.968 bits per heavy atom. The van der Waals surface area contributed by atoms with Crippen molar-refractivity contribution in [1.82, 2.24) is 0 Å². The van der Waals surface area contributed by atoms with E-state index in [2.05, 4.69) is 6.92 Å². The molecule has 1 saturated heterocycles. The Bertz CT molecular complexity index is 680. The van der Waals surface area contributed by atoms with E-state index >= 15 is 0 Å². The van der Waals surface area contributed by atoms with Gasteiger partial charge in [0.05, 0.1) is 11.3 Å². The van der Waals surface area contributed by atoms with E-state index in [0.29, 0.717) is 23.7 Å². The number of rotatable bonds is 6. The van der Waals surface area contributed by atoms with Crippen LogP contribution in [0.3, 0.4) is 0 Å². The third-order valence-electron chi connectivity index (χ3n) is 10.2. The van der Waals surface area contributed by atoms with Gasteiger partial charge in [0.25, 0.3) is 0 Å². The Labute approximate surface area is 188 Å². The summed E-state index contributed by atoms with van der Waals surface area (Å²) in [5, 5.41) is 0. The maximum Gasteiger partial charge on any atom is 0.312 e. The van der Waals surface area contributed by atoms with Crippen LogP contribution in [0.2, 0.25) is 0 Å². The fourth-order valence-corrected chi connectivity index (χ4v) is 8.30. The van der Waals surface area contributed by atoms with Gasteiger partial charge in [-0.15, -0.1) is 0 Å². The number of hydrogen-bond acceptors (Lipinski definition) is 4. The molecule has 0 aromatic rings. The molecule has 174 valence electrons. The lowest BCUT2D eigenvalue weighted by atomic mass is 9.56.